The zero-order chi connectivity index (χ0) is 15.6. The van der Waals surface area contributed by atoms with Gasteiger partial charge in [0.05, 0.1) is 4.90 Å². The largest absolute Gasteiger partial charge is 0.315 e. The highest BCUT2D eigenvalue weighted by Gasteiger charge is 2.34. The van der Waals surface area contributed by atoms with E-state index in [-0.39, 0.29) is 16.7 Å². The molecule has 0 aliphatic carbocycles. The van der Waals surface area contributed by atoms with Crippen LogP contribution in [0.2, 0.25) is 0 Å². The Kier molecular flexibility index (Phi) is 5.06. The molecule has 1 aromatic rings. The molecule has 1 aliphatic heterocycles. The fourth-order valence-corrected chi connectivity index (χ4v) is 3.56. The first-order valence-electron chi connectivity index (χ1n) is 6.80. The number of carbonyl (C=O) groups is 1. The molecule has 1 saturated heterocycles. The van der Waals surface area contributed by atoms with Crippen LogP contribution in [0.3, 0.4) is 0 Å². The van der Waals surface area contributed by atoms with Crippen molar-refractivity contribution >= 4 is 32.0 Å². The molecule has 0 aromatic heterocycles. The van der Waals surface area contributed by atoms with Gasteiger partial charge in [0.25, 0.3) is 10.1 Å². The van der Waals surface area contributed by atoms with Gasteiger partial charge in [0, 0.05) is 16.9 Å². The molecule has 1 aliphatic rings. The summed E-state index contributed by atoms with van der Waals surface area (Å²) in [6, 6.07) is 6.23. The topological polar surface area (TPSA) is 63.7 Å². The second-order valence-corrected chi connectivity index (χ2v) is 7.78. The highest BCUT2D eigenvalue weighted by atomic mass is 79.9. The maximum absolute atomic E-state index is 12.3. The molecule has 0 N–H and O–H groups in total. The number of carbonyl (C=O) groups excluding carboxylic acids is 1. The van der Waals surface area contributed by atoms with E-state index in [0.29, 0.717) is 13.0 Å². The third kappa shape index (κ3) is 3.84. The number of halogens is 1. The van der Waals surface area contributed by atoms with Crippen LogP contribution in [0.15, 0.2) is 33.6 Å². The van der Waals surface area contributed by atoms with Gasteiger partial charge in [0.15, 0.2) is 6.23 Å². The molecule has 21 heavy (non-hydrogen) atoms. The minimum absolute atomic E-state index is 0.0801. The molecule has 1 unspecified atom stereocenters. The van der Waals surface area contributed by atoms with E-state index in [1.165, 1.54) is 17.0 Å². The number of benzene rings is 1. The van der Waals surface area contributed by atoms with Crippen LogP contribution in [0.25, 0.3) is 0 Å². The van der Waals surface area contributed by atoms with Gasteiger partial charge >= 0.3 is 0 Å². The van der Waals surface area contributed by atoms with Gasteiger partial charge in [-0.15, -0.1) is 0 Å². The summed E-state index contributed by atoms with van der Waals surface area (Å²) in [5, 5.41) is 0. The lowest BCUT2D eigenvalue weighted by atomic mass is 10.2. The predicted molar refractivity (Wildman–Crippen MR) is 82.0 cm³/mol. The molecule has 7 heteroatoms. The first kappa shape index (κ1) is 16.5. The van der Waals surface area contributed by atoms with E-state index in [4.69, 9.17) is 4.18 Å². The van der Waals surface area contributed by atoms with E-state index in [0.717, 1.165) is 10.9 Å². The van der Waals surface area contributed by atoms with Gasteiger partial charge < -0.3 is 4.90 Å². The van der Waals surface area contributed by atoms with Gasteiger partial charge in [-0.25, -0.2) is 4.18 Å². The normalized spacial score (nSPS) is 19.2. The molecule has 116 valence electrons. The summed E-state index contributed by atoms with van der Waals surface area (Å²) in [6.07, 6.45) is 0.585. The van der Waals surface area contributed by atoms with E-state index in [1.807, 2.05) is 0 Å². The molecule has 1 amide bonds. The predicted octanol–water partition coefficient (Wildman–Crippen LogP) is 2.76. The average molecular weight is 376 g/mol. The molecule has 2 rings (SSSR count). The molecule has 1 aromatic carbocycles. The van der Waals surface area contributed by atoms with Crippen LogP contribution in [0.5, 0.6) is 0 Å². The molecule has 0 spiro atoms. The number of amides is 1. The number of rotatable bonds is 4. The van der Waals surface area contributed by atoms with E-state index in [1.54, 1.807) is 26.0 Å². The maximum atomic E-state index is 12.3. The summed E-state index contributed by atoms with van der Waals surface area (Å²) >= 11 is 3.26. The molecular formula is C14H18BrNO4S. The Bertz CT molecular complexity index is 612. The van der Waals surface area contributed by atoms with Gasteiger partial charge in [-0.2, -0.15) is 8.42 Å². The summed E-state index contributed by atoms with van der Waals surface area (Å²) in [6.45, 7) is 4.12. The Morgan fingerprint density at radius 2 is 1.95 bits per heavy atom. The van der Waals surface area contributed by atoms with Crippen LogP contribution in [0, 0.1) is 5.92 Å². The lowest BCUT2D eigenvalue weighted by Gasteiger charge is -2.25. The third-order valence-electron chi connectivity index (χ3n) is 3.31. The maximum Gasteiger partial charge on any atom is 0.298 e. The second kappa shape index (κ2) is 6.46. The van der Waals surface area contributed by atoms with Crippen LogP contribution in [0.4, 0.5) is 0 Å². The standard InChI is InChI=1S/C14H18BrNO4S/c1-10(2)14(17)16-9-3-4-13(16)20-21(18,19)12-7-5-11(15)6-8-12/h5-8,10,13H,3-4,9H2,1-2H3. The molecular weight excluding hydrogens is 358 g/mol. The Morgan fingerprint density at radius 1 is 1.33 bits per heavy atom. The minimum atomic E-state index is -3.87. The van der Waals surface area contributed by atoms with E-state index in [2.05, 4.69) is 15.9 Å². The molecule has 0 bridgehead atoms. The van der Waals surface area contributed by atoms with Crippen molar-refractivity contribution in [3.8, 4) is 0 Å². The third-order valence-corrected chi connectivity index (χ3v) is 5.17. The SMILES string of the molecule is CC(C)C(=O)N1CCCC1OS(=O)(=O)c1ccc(Br)cc1. The lowest BCUT2D eigenvalue weighted by molar-refractivity contribution is -0.139. The summed E-state index contributed by atoms with van der Waals surface area (Å²) in [5.41, 5.74) is 0. The van der Waals surface area contributed by atoms with Crippen molar-refractivity contribution in [1.29, 1.82) is 0 Å². The van der Waals surface area contributed by atoms with Crippen molar-refractivity contribution in [3.63, 3.8) is 0 Å². The van der Waals surface area contributed by atoms with E-state index >= 15 is 0 Å². The molecule has 0 radical (unpaired) electrons. The Hall–Kier alpha value is -0.920. The van der Waals surface area contributed by atoms with Crippen molar-refractivity contribution < 1.29 is 17.4 Å². The monoisotopic (exact) mass is 375 g/mol. The minimum Gasteiger partial charge on any atom is -0.315 e. The number of likely N-dealkylation sites (tertiary alicyclic amines) is 1. The summed E-state index contributed by atoms with van der Waals surface area (Å²) in [7, 11) is -3.87. The summed E-state index contributed by atoms with van der Waals surface area (Å²) in [5.74, 6) is -0.256. The van der Waals surface area contributed by atoms with Gasteiger partial charge in [-0.05, 0) is 37.1 Å². The molecule has 5 nitrogen and oxygen atoms in total. The van der Waals surface area contributed by atoms with E-state index in [9.17, 15) is 13.2 Å². The highest BCUT2D eigenvalue weighted by molar-refractivity contribution is 9.10. The first-order chi connectivity index (χ1) is 9.81. The van der Waals surface area contributed by atoms with Crippen molar-refractivity contribution in [2.75, 3.05) is 6.54 Å². The van der Waals surface area contributed by atoms with Crippen LogP contribution >= 0.6 is 15.9 Å². The van der Waals surface area contributed by atoms with Gasteiger partial charge in [-0.3, -0.25) is 4.79 Å². The van der Waals surface area contributed by atoms with Crippen LogP contribution in [-0.4, -0.2) is 32.0 Å². The Balaban J connectivity index is 2.16. The molecule has 1 heterocycles. The zero-order valence-electron chi connectivity index (χ0n) is 12.0. The Morgan fingerprint density at radius 3 is 2.52 bits per heavy atom. The van der Waals surface area contributed by atoms with Gasteiger partial charge in [-0.1, -0.05) is 29.8 Å². The lowest BCUT2D eigenvalue weighted by Crippen LogP contribution is -2.40. The molecule has 0 saturated carbocycles. The quantitative estimate of drug-likeness (QED) is 0.758. The first-order valence-corrected chi connectivity index (χ1v) is 9.01. The average Bonchev–Trinajstić information content (AvgIpc) is 2.85. The van der Waals surface area contributed by atoms with Crippen molar-refractivity contribution in [3.05, 3.63) is 28.7 Å². The van der Waals surface area contributed by atoms with Gasteiger partial charge in [0.2, 0.25) is 5.91 Å². The number of nitrogens with zero attached hydrogens (tertiary/aromatic N) is 1. The van der Waals surface area contributed by atoms with Crippen molar-refractivity contribution in [2.24, 2.45) is 5.92 Å². The smallest absolute Gasteiger partial charge is 0.298 e. The second-order valence-electron chi connectivity index (χ2n) is 5.29. The Labute approximate surface area is 133 Å². The van der Waals surface area contributed by atoms with Crippen LogP contribution in [-0.2, 0) is 19.1 Å². The van der Waals surface area contributed by atoms with E-state index < -0.39 is 16.3 Å². The summed E-state index contributed by atoms with van der Waals surface area (Å²) < 4.78 is 30.6. The fraction of sp³-hybridized carbons (Fsp3) is 0.500. The van der Waals surface area contributed by atoms with Gasteiger partial charge in [0.1, 0.15) is 0 Å². The fourth-order valence-electron chi connectivity index (χ4n) is 2.22. The zero-order valence-corrected chi connectivity index (χ0v) is 14.4. The molecule has 1 fully saturated rings. The van der Waals surface area contributed by atoms with Crippen molar-refractivity contribution in [2.45, 2.75) is 37.8 Å². The van der Waals surface area contributed by atoms with Crippen molar-refractivity contribution in [1.82, 2.24) is 4.90 Å². The highest BCUT2D eigenvalue weighted by Crippen LogP contribution is 2.25. The number of hydrogen-bond donors (Lipinski definition) is 0. The number of hydrogen-bond acceptors (Lipinski definition) is 4. The van der Waals surface area contributed by atoms with Crippen LogP contribution in [0.1, 0.15) is 26.7 Å². The summed E-state index contributed by atoms with van der Waals surface area (Å²) in [4.78, 5) is 13.7. The molecule has 1 atom stereocenters. The van der Waals surface area contributed by atoms with Crippen LogP contribution < -0.4 is 0 Å².